The first-order valence-corrected chi connectivity index (χ1v) is 8.56. The maximum atomic E-state index is 14.0. The van der Waals surface area contributed by atoms with Gasteiger partial charge in [-0.3, -0.25) is 4.21 Å². The van der Waals surface area contributed by atoms with E-state index >= 15 is 0 Å². The Kier molecular flexibility index (Phi) is 5.69. The van der Waals surface area contributed by atoms with E-state index in [1.165, 1.54) is 13.2 Å². The van der Waals surface area contributed by atoms with Crippen LogP contribution in [0.15, 0.2) is 47.4 Å². The first kappa shape index (κ1) is 16.6. The lowest BCUT2D eigenvalue weighted by Crippen LogP contribution is -2.19. The van der Waals surface area contributed by atoms with E-state index in [0.717, 1.165) is 10.5 Å². The van der Waals surface area contributed by atoms with Crippen molar-refractivity contribution in [3.05, 3.63) is 59.4 Å². The van der Waals surface area contributed by atoms with Crippen molar-refractivity contribution in [3.63, 3.8) is 0 Å². The Morgan fingerprint density at radius 2 is 1.91 bits per heavy atom. The lowest BCUT2D eigenvalue weighted by Gasteiger charge is -2.16. The van der Waals surface area contributed by atoms with Crippen LogP contribution in [0.3, 0.4) is 0 Å². The topological polar surface area (TPSA) is 38.3 Å². The largest absolute Gasteiger partial charge is 0.497 e. The number of benzene rings is 2. The van der Waals surface area contributed by atoms with Crippen molar-refractivity contribution in [1.29, 1.82) is 0 Å². The third-order valence-electron chi connectivity index (χ3n) is 3.54. The molecule has 2 atom stereocenters. The van der Waals surface area contributed by atoms with E-state index in [4.69, 9.17) is 4.74 Å². The molecule has 3 nitrogen and oxygen atoms in total. The van der Waals surface area contributed by atoms with Crippen LogP contribution in [-0.4, -0.2) is 17.6 Å². The summed E-state index contributed by atoms with van der Waals surface area (Å²) < 4.78 is 30.3. The molecule has 0 heterocycles. The summed E-state index contributed by atoms with van der Waals surface area (Å²) in [6, 6.07) is 12.3. The number of ether oxygens (including phenoxy) is 1. The Hall–Kier alpha value is -1.72. The second kappa shape index (κ2) is 7.51. The Morgan fingerprint density at radius 3 is 2.45 bits per heavy atom. The number of hydrogen-bond donors (Lipinski definition) is 1. The maximum absolute atomic E-state index is 14.0. The highest BCUT2D eigenvalue weighted by molar-refractivity contribution is 7.84. The first-order valence-electron chi connectivity index (χ1n) is 7.00. The smallest absolute Gasteiger partial charge is 0.131 e. The van der Waals surface area contributed by atoms with Crippen LogP contribution in [0.5, 0.6) is 5.75 Å². The molecule has 22 heavy (non-hydrogen) atoms. The van der Waals surface area contributed by atoms with Gasteiger partial charge in [-0.2, -0.15) is 0 Å². The number of rotatable bonds is 6. The lowest BCUT2D eigenvalue weighted by molar-refractivity contribution is 0.409. The average molecular weight is 321 g/mol. The molecule has 0 unspecified atom stereocenters. The summed E-state index contributed by atoms with van der Waals surface area (Å²) in [7, 11) is 0.549. The second-order valence-electron chi connectivity index (χ2n) is 5.09. The van der Waals surface area contributed by atoms with Gasteiger partial charge in [0.2, 0.25) is 0 Å². The molecule has 0 aliphatic rings. The van der Waals surface area contributed by atoms with Crippen molar-refractivity contribution in [2.45, 2.75) is 24.4 Å². The van der Waals surface area contributed by atoms with Gasteiger partial charge in [0.15, 0.2) is 0 Å². The molecule has 0 fully saturated rings. The van der Waals surface area contributed by atoms with Gasteiger partial charge in [0.1, 0.15) is 11.6 Å². The Morgan fingerprint density at radius 1 is 1.23 bits per heavy atom. The number of methoxy groups -OCH3 is 1. The highest BCUT2D eigenvalue weighted by Crippen LogP contribution is 2.22. The number of nitrogens with one attached hydrogen (secondary N) is 1. The molecule has 1 N–H and O–H groups in total. The summed E-state index contributed by atoms with van der Waals surface area (Å²) in [6.45, 7) is 2.53. The monoisotopic (exact) mass is 321 g/mol. The van der Waals surface area contributed by atoms with Crippen molar-refractivity contribution in [1.82, 2.24) is 5.32 Å². The molecule has 2 rings (SSSR count). The molecule has 2 aromatic rings. The lowest BCUT2D eigenvalue weighted by atomic mass is 10.1. The van der Waals surface area contributed by atoms with Gasteiger partial charge in [0, 0.05) is 46.2 Å². The van der Waals surface area contributed by atoms with E-state index in [9.17, 15) is 8.60 Å². The molecule has 5 heteroatoms. The second-order valence-corrected chi connectivity index (χ2v) is 6.47. The van der Waals surface area contributed by atoms with Gasteiger partial charge in [-0.05, 0) is 30.7 Å². The van der Waals surface area contributed by atoms with E-state index in [-0.39, 0.29) is 11.9 Å². The van der Waals surface area contributed by atoms with Gasteiger partial charge in [-0.25, -0.2) is 4.39 Å². The predicted octanol–water partition coefficient (Wildman–Crippen LogP) is 3.42. The molecule has 118 valence electrons. The van der Waals surface area contributed by atoms with E-state index in [1.807, 2.05) is 31.2 Å². The van der Waals surface area contributed by atoms with Crippen molar-refractivity contribution >= 4 is 10.8 Å². The van der Waals surface area contributed by atoms with Crippen LogP contribution >= 0.6 is 0 Å². The third-order valence-corrected chi connectivity index (χ3v) is 4.48. The molecule has 0 spiro atoms. The molecule has 0 radical (unpaired) electrons. The Labute approximate surface area is 133 Å². The third kappa shape index (κ3) is 4.15. The summed E-state index contributed by atoms with van der Waals surface area (Å²) in [5.74, 6) is 0.229. The Bertz CT molecular complexity index is 658. The summed E-state index contributed by atoms with van der Waals surface area (Å²) in [5, 5.41) is 3.29. The molecular formula is C17H20FNO2S. The molecule has 0 bridgehead atoms. The molecule has 0 aliphatic carbocycles. The molecule has 0 aromatic heterocycles. The van der Waals surface area contributed by atoms with Crippen LogP contribution in [0.1, 0.15) is 24.1 Å². The molecule has 0 aliphatic heterocycles. The van der Waals surface area contributed by atoms with Gasteiger partial charge >= 0.3 is 0 Å². The minimum Gasteiger partial charge on any atom is -0.497 e. The van der Waals surface area contributed by atoms with Gasteiger partial charge in [0.05, 0.1) is 7.11 Å². The van der Waals surface area contributed by atoms with Crippen LogP contribution in [0.2, 0.25) is 0 Å². The highest BCUT2D eigenvalue weighted by atomic mass is 32.2. The van der Waals surface area contributed by atoms with E-state index in [1.54, 1.807) is 18.4 Å². The fourth-order valence-electron chi connectivity index (χ4n) is 2.17. The SMILES string of the molecule is COc1ccc([C@H](C)NCc2ccc([S@](C)=O)cc2)c(F)c1. The van der Waals surface area contributed by atoms with Gasteiger partial charge in [-0.1, -0.05) is 18.2 Å². The molecule has 0 saturated carbocycles. The highest BCUT2D eigenvalue weighted by Gasteiger charge is 2.11. The summed E-state index contributed by atoms with van der Waals surface area (Å²) in [4.78, 5) is 0.804. The Balaban J connectivity index is 2.00. The zero-order chi connectivity index (χ0) is 16.1. The summed E-state index contributed by atoms with van der Waals surface area (Å²) in [5.41, 5.74) is 1.67. The van der Waals surface area contributed by atoms with Crippen LogP contribution < -0.4 is 10.1 Å². The van der Waals surface area contributed by atoms with Crippen molar-refractivity contribution < 1.29 is 13.3 Å². The van der Waals surface area contributed by atoms with E-state index in [2.05, 4.69) is 5.32 Å². The summed E-state index contributed by atoms with van der Waals surface area (Å²) in [6.07, 6.45) is 1.65. The molecule has 0 amide bonds. The number of halogens is 1. The van der Waals surface area contributed by atoms with Crippen LogP contribution in [0.25, 0.3) is 0 Å². The molecular weight excluding hydrogens is 301 g/mol. The van der Waals surface area contributed by atoms with Crippen molar-refractivity contribution in [2.75, 3.05) is 13.4 Å². The summed E-state index contributed by atoms with van der Waals surface area (Å²) >= 11 is 0. The van der Waals surface area contributed by atoms with Crippen LogP contribution in [0.4, 0.5) is 4.39 Å². The quantitative estimate of drug-likeness (QED) is 0.886. The minimum absolute atomic E-state index is 0.120. The molecule has 0 saturated heterocycles. The predicted molar refractivity (Wildman–Crippen MR) is 87.0 cm³/mol. The minimum atomic E-state index is -0.968. The van der Waals surface area contributed by atoms with E-state index < -0.39 is 10.8 Å². The van der Waals surface area contributed by atoms with Gasteiger partial charge in [-0.15, -0.1) is 0 Å². The zero-order valence-electron chi connectivity index (χ0n) is 12.9. The van der Waals surface area contributed by atoms with Crippen molar-refractivity contribution in [3.8, 4) is 5.75 Å². The fourth-order valence-corrected chi connectivity index (χ4v) is 2.69. The zero-order valence-corrected chi connectivity index (χ0v) is 13.7. The average Bonchev–Trinajstić information content (AvgIpc) is 2.52. The first-order chi connectivity index (χ1) is 10.5. The van der Waals surface area contributed by atoms with Gasteiger partial charge in [0.25, 0.3) is 0 Å². The normalized spacial score (nSPS) is 13.6. The standard InChI is InChI=1S/C17H20FNO2S/c1-12(16-9-6-14(21-2)10-17(16)18)19-11-13-4-7-15(8-5-13)22(3)20/h4-10,12,19H,11H2,1-3H3/t12-,22-/m0/s1. The van der Waals surface area contributed by atoms with Crippen LogP contribution in [0, 0.1) is 5.82 Å². The van der Waals surface area contributed by atoms with Crippen molar-refractivity contribution in [2.24, 2.45) is 0 Å². The fraction of sp³-hybridized carbons (Fsp3) is 0.294. The maximum Gasteiger partial charge on any atom is 0.131 e. The molecule has 2 aromatic carbocycles. The van der Waals surface area contributed by atoms with Gasteiger partial charge < -0.3 is 10.1 Å². The van der Waals surface area contributed by atoms with Crippen LogP contribution in [-0.2, 0) is 17.3 Å². The number of hydrogen-bond acceptors (Lipinski definition) is 3. The van der Waals surface area contributed by atoms with E-state index in [0.29, 0.717) is 17.9 Å².